The second-order valence-corrected chi connectivity index (χ2v) is 8.90. The molecule has 2 amide bonds. The standard InChI is InChI=1S/C24H25ClN6O2/c1-24(2)10-9-20(32)30-19-8-7-16(12-17(19)24)29-23-27-13-18(25)21(31-23)28-15-6-4-5-14(11-15)22(33)26-3/h4-8,11-13H,9-10H2,1-3H3,(H,26,33)(H,30,32)(H2,27,28,29,31). The van der Waals surface area contributed by atoms with Crippen molar-refractivity contribution in [3.63, 3.8) is 0 Å². The van der Waals surface area contributed by atoms with E-state index in [2.05, 4.69) is 45.1 Å². The zero-order valence-electron chi connectivity index (χ0n) is 18.6. The van der Waals surface area contributed by atoms with Crippen molar-refractivity contribution in [1.29, 1.82) is 0 Å². The molecular weight excluding hydrogens is 440 g/mol. The fourth-order valence-corrected chi connectivity index (χ4v) is 3.87. The topological polar surface area (TPSA) is 108 Å². The third-order valence-electron chi connectivity index (χ3n) is 5.61. The molecule has 1 aliphatic rings. The maximum Gasteiger partial charge on any atom is 0.251 e. The van der Waals surface area contributed by atoms with Gasteiger partial charge in [0.2, 0.25) is 11.9 Å². The fraction of sp³-hybridized carbons (Fsp3) is 0.250. The summed E-state index contributed by atoms with van der Waals surface area (Å²) in [5.74, 6) is 0.613. The zero-order valence-corrected chi connectivity index (χ0v) is 19.4. The molecule has 2 aromatic carbocycles. The third-order valence-corrected chi connectivity index (χ3v) is 5.89. The highest BCUT2D eigenvalue weighted by Crippen LogP contribution is 2.38. The Morgan fingerprint density at radius 2 is 1.91 bits per heavy atom. The molecule has 33 heavy (non-hydrogen) atoms. The largest absolute Gasteiger partial charge is 0.355 e. The normalized spacial score (nSPS) is 14.5. The summed E-state index contributed by atoms with van der Waals surface area (Å²) in [6.45, 7) is 4.26. The van der Waals surface area contributed by atoms with Crippen LogP contribution in [0.4, 0.5) is 28.8 Å². The molecule has 1 aliphatic heterocycles. The van der Waals surface area contributed by atoms with Crippen molar-refractivity contribution in [2.45, 2.75) is 32.1 Å². The molecule has 1 aromatic heterocycles. The van der Waals surface area contributed by atoms with Crippen LogP contribution in [-0.2, 0) is 10.2 Å². The zero-order chi connectivity index (χ0) is 23.6. The van der Waals surface area contributed by atoms with Gasteiger partial charge in [0.25, 0.3) is 5.91 Å². The van der Waals surface area contributed by atoms with E-state index in [-0.39, 0.29) is 17.2 Å². The van der Waals surface area contributed by atoms with Crippen LogP contribution in [0.15, 0.2) is 48.7 Å². The molecule has 0 fully saturated rings. The highest BCUT2D eigenvalue weighted by Gasteiger charge is 2.28. The first kappa shape index (κ1) is 22.5. The first-order valence-corrected chi connectivity index (χ1v) is 11.0. The molecule has 0 spiro atoms. The van der Waals surface area contributed by atoms with Gasteiger partial charge in [-0.2, -0.15) is 4.98 Å². The number of amides is 2. The molecule has 4 rings (SSSR count). The molecule has 0 unspecified atom stereocenters. The van der Waals surface area contributed by atoms with E-state index >= 15 is 0 Å². The first-order valence-electron chi connectivity index (χ1n) is 10.6. The fourth-order valence-electron chi connectivity index (χ4n) is 3.73. The van der Waals surface area contributed by atoms with Crippen LogP contribution in [0.5, 0.6) is 0 Å². The number of hydrogen-bond acceptors (Lipinski definition) is 6. The summed E-state index contributed by atoms with van der Waals surface area (Å²) in [5, 5.41) is 12.3. The molecule has 8 nitrogen and oxygen atoms in total. The van der Waals surface area contributed by atoms with Gasteiger partial charge in [0, 0.05) is 36.1 Å². The van der Waals surface area contributed by atoms with E-state index in [1.54, 1.807) is 25.2 Å². The first-order chi connectivity index (χ1) is 15.7. The maximum absolute atomic E-state index is 12.0. The Morgan fingerprint density at radius 3 is 2.70 bits per heavy atom. The van der Waals surface area contributed by atoms with E-state index in [1.807, 2.05) is 24.3 Å². The molecular formula is C24H25ClN6O2. The molecule has 0 saturated carbocycles. The number of carbonyl (C=O) groups excluding carboxylic acids is 2. The lowest BCUT2D eigenvalue weighted by molar-refractivity contribution is -0.116. The molecule has 9 heteroatoms. The summed E-state index contributed by atoms with van der Waals surface area (Å²) in [6.07, 6.45) is 2.76. The lowest BCUT2D eigenvalue weighted by Crippen LogP contribution is -2.17. The van der Waals surface area contributed by atoms with Crippen LogP contribution in [0.2, 0.25) is 5.02 Å². The Labute approximate surface area is 197 Å². The minimum Gasteiger partial charge on any atom is -0.355 e. The Morgan fingerprint density at radius 1 is 1.12 bits per heavy atom. The van der Waals surface area contributed by atoms with Crippen LogP contribution >= 0.6 is 11.6 Å². The van der Waals surface area contributed by atoms with Crippen molar-refractivity contribution in [2.24, 2.45) is 0 Å². The van der Waals surface area contributed by atoms with E-state index in [1.165, 1.54) is 6.20 Å². The van der Waals surface area contributed by atoms with Crippen molar-refractivity contribution in [1.82, 2.24) is 15.3 Å². The van der Waals surface area contributed by atoms with E-state index in [4.69, 9.17) is 11.6 Å². The van der Waals surface area contributed by atoms with Gasteiger partial charge in [-0.1, -0.05) is 31.5 Å². The van der Waals surface area contributed by atoms with Crippen LogP contribution in [0.3, 0.4) is 0 Å². The van der Waals surface area contributed by atoms with Crippen molar-refractivity contribution in [3.8, 4) is 0 Å². The lowest BCUT2D eigenvalue weighted by atomic mass is 9.80. The molecule has 3 aromatic rings. The number of carbonyl (C=O) groups is 2. The second kappa shape index (κ2) is 9.07. The average molecular weight is 465 g/mol. The minimum absolute atomic E-state index is 0.0276. The van der Waals surface area contributed by atoms with Crippen LogP contribution in [0.25, 0.3) is 0 Å². The van der Waals surface area contributed by atoms with Gasteiger partial charge < -0.3 is 21.3 Å². The molecule has 2 heterocycles. The highest BCUT2D eigenvalue weighted by molar-refractivity contribution is 6.32. The van der Waals surface area contributed by atoms with E-state index in [0.717, 1.165) is 23.4 Å². The van der Waals surface area contributed by atoms with Crippen LogP contribution in [0, 0.1) is 0 Å². The van der Waals surface area contributed by atoms with Crippen LogP contribution < -0.4 is 21.3 Å². The number of nitrogens with one attached hydrogen (secondary N) is 4. The number of fused-ring (bicyclic) bond motifs is 1. The van der Waals surface area contributed by atoms with Gasteiger partial charge in [-0.15, -0.1) is 0 Å². The van der Waals surface area contributed by atoms with Gasteiger partial charge in [-0.25, -0.2) is 4.98 Å². The number of benzene rings is 2. The van der Waals surface area contributed by atoms with Crippen molar-refractivity contribution in [2.75, 3.05) is 23.0 Å². The maximum atomic E-state index is 12.0. The number of rotatable bonds is 5. The summed E-state index contributed by atoms with van der Waals surface area (Å²) >= 11 is 6.31. The second-order valence-electron chi connectivity index (χ2n) is 8.49. The molecule has 170 valence electrons. The van der Waals surface area contributed by atoms with Gasteiger partial charge in [0.05, 0.1) is 6.20 Å². The van der Waals surface area contributed by atoms with Gasteiger partial charge in [-0.3, -0.25) is 9.59 Å². The summed E-state index contributed by atoms with van der Waals surface area (Å²) in [5.41, 5.74) is 3.71. The third kappa shape index (κ3) is 5.06. The molecule has 0 radical (unpaired) electrons. The average Bonchev–Trinajstić information content (AvgIpc) is 2.91. The SMILES string of the molecule is CNC(=O)c1cccc(Nc2nc(Nc3ccc4c(c3)C(C)(C)CCC(=O)N4)ncc2Cl)c1. The lowest BCUT2D eigenvalue weighted by Gasteiger charge is -2.25. The van der Waals surface area contributed by atoms with Gasteiger partial charge in [0.15, 0.2) is 5.82 Å². The Hall–Kier alpha value is -3.65. The van der Waals surface area contributed by atoms with Crippen molar-refractivity contribution >= 4 is 52.2 Å². The Balaban J connectivity index is 1.59. The minimum atomic E-state index is -0.183. The Kier molecular flexibility index (Phi) is 6.20. The smallest absolute Gasteiger partial charge is 0.251 e. The quantitative estimate of drug-likeness (QED) is 0.424. The monoisotopic (exact) mass is 464 g/mol. The van der Waals surface area contributed by atoms with E-state index in [0.29, 0.717) is 34.5 Å². The Bertz CT molecular complexity index is 1230. The number of hydrogen-bond donors (Lipinski definition) is 4. The predicted molar refractivity (Wildman–Crippen MR) is 131 cm³/mol. The summed E-state index contributed by atoms with van der Waals surface area (Å²) in [6, 6.07) is 12.8. The highest BCUT2D eigenvalue weighted by atomic mass is 35.5. The number of nitrogens with zero attached hydrogens (tertiary/aromatic N) is 2. The van der Waals surface area contributed by atoms with Crippen molar-refractivity contribution < 1.29 is 9.59 Å². The number of aromatic nitrogens is 2. The number of anilines is 5. The molecule has 0 bridgehead atoms. The van der Waals surface area contributed by atoms with Gasteiger partial charge in [0.1, 0.15) is 5.02 Å². The van der Waals surface area contributed by atoms with Crippen LogP contribution in [0.1, 0.15) is 42.6 Å². The van der Waals surface area contributed by atoms with E-state index < -0.39 is 0 Å². The molecule has 0 saturated heterocycles. The van der Waals surface area contributed by atoms with Gasteiger partial charge in [-0.05, 0) is 53.8 Å². The predicted octanol–water partition coefficient (Wildman–Crippen LogP) is 4.99. The molecule has 0 aliphatic carbocycles. The van der Waals surface area contributed by atoms with Crippen LogP contribution in [-0.4, -0.2) is 28.8 Å². The summed E-state index contributed by atoms with van der Waals surface area (Å²) in [7, 11) is 1.58. The van der Waals surface area contributed by atoms with Gasteiger partial charge >= 0.3 is 0 Å². The van der Waals surface area contributed by atoms with E-state index in [9.17, 15) is 9.59 Å². The molecule has 0 atom stereocenters. The van der Waals surface area contributed by atoms with Crippen molar-refractivity contribution in [3.05, 3.63) is 64.8 Å². The summed E-state index contributed by atoms with van der Waals surface area (Å²) in [4.78, 5) is 32.7. The number of halogens is 1. The summed E-state index contributed by atoms with van der Waals surface area (Å²) < 4.78 is 0. The molecule has 4 N–H and O–H groups in total.